The molecule has 2 aromatic carbocycles. The summed E-state index contributed by atoms with van der Waals surface area (Å²) in [6.07, 6.45) is 6.25. The summed E-state index contributed by atoms with van der Waals surface area (Å²) in [5.74, 6) is -0.0845. The normalized spacial score (nSPS) is 15.5. The van der Waals surface area contributed by atoms with Gasteiger partial charge < -0.3 is 5.32 Å². The van der Waals surface area contributed by atoms with Crippen molar-refractivity contribution in [2.45, 2.75) is 55.9 Å². The molecule has 1 saturated carbocycles. The highest BCUT2D eigenvalue weighted by atomic mass is 32.2. The number of rotatable bonds is 7. The number of nitrogens with one attached hydrogen (secondary N) is 1. The van der Waals surface area contributed by atoms with E-state index in [1.807, 2.05) is 30.3 Å². The van der Waals surface area contributed by atoms with Crippen molar-refractivity contribution in [3.63, 3.8) is 0 Å². The minimum absolute atomic E-state index is 0.0797. The van der Waals surface area contributed by atoms with Crippen molar-refractivity contribution in [3.8, 4) is 0 Å². The summed E-state index contributed by atoms with van der Waals surface area (Å²) in [7, 11) is -1.84. The van der Waals surface area contributed by atoms with Crippen LogP contribution < -0.4 is 5.32 Å². The molecule has 0 atom stereocenters. The second-order valence-corrected chi connectivity index (χ2v) is 9.37. The first kappa shape index (κ1) is 20.6. The van der Waals surface area contributed by atoms with Gasteiger partial charge in [0.2, 0.25) is 15.9 Å². The molecule has 0 spiro atoms. The van der Waals surface area contributed by atoms with Crippen molar-refractivity contribution in [2.75, 3.05) is 12.4 Å². The van der Waals surface area contributed by atoms with Crippen LogP contribution >= 0.6 is 0 Å². The van der Waals surface area contributed by atoms with E-state index in [-0.39, 0.29) is 16.8 Å². The molecule has 0 heterocycles. The molecule has 0 unspecified atom stereocenters. The van der Waals surface area contributed by atoms with Gasteiger partial charge in [-0.05, 0) is 49.1 Å². The van der Waals surface area contributed by atoms with Gasteiger partial charge in [0.1, 0.15) is 0 Å². The monoisotopic (exact) mass is 400 g/mol. The minimum Gasteiger partial charge on any atom is -0.326 e. The number of aryl methyl sites for hydroxylation is 1. The molecule has 0 radical (unpaired) electrons. The number of amides is 1. The molecular weight excluding hydrogens is 372 g/mol. The van der Waals surface area contributed by atoms with Gasteiger partial charge in [-0.15, -0.1) is 0 Å². The predicted molar refractivity (Wildman–Crippen MR) is 112 cm³/mol. The largest absolute Gasteiger partial charge is 0.326 e. The molecule has 28 heavy (non-hydrogen) atoms. The number of carbonyl (C=O) groups excluding carboxylic acids is 1. The average Bonchev–Trinajstić information content (AvgIpc) is 2.73. The molecule has 1 fully saturated rings. The lowest BCUT2D eigenvalue weighted by Gasteiger charge is -2.30. The van der Waals surface area contributed by atoms with Gasteiger partial charge in [-0.1, -0.05) is 49.6 Å². The number of benzene rings is 2. The third-order valence-electron chi connectivity index (χ3n) is 5.39. The molecule has 1 amide bonds. The standard InChI is InChI=1S/C22H28N2O3S/c1-24(20-10-6-3-7-11-20)28(26,27)21-15-13-19(14-16-21)23-22(25)17-12-18-8-4-2-5-9-18/h2,4-5,8-9,13-16,20H,3,6-7,10-12,17H2,1H3,(H,23,25). The van der Waals surface area contributed by atoms with Crippen LogP contribution in [0.2, 0.25) is 0 Å². The summed E-state index contributed by atoms with van der Waals surface area (Å²) in [5, 5.41) is 2.84. The zero-order valence-corrected chi connectivity index (χ0v) is 17.1. The molecule has 6 heteroatoms. The fourth-order valence-electron chi connectivity index (χ4n) is 3.64. The first-order valence-electron chi connectivity index (χ1n) is 9.89. The van der Waals surface area contributed by atoms with E-state index in [4.69, 9.17) is 0 Å². The Morgan fingerprint density at radius 1 is 1.00 bits per heavy atom. The number of sulfonamides is 1. The van der Waals surface area contributed by atoms with Crippen molar-refractivity contribution in [1.82, 2.24) is 4.31 Å². The Morgan fingerprint density at radius 2 is 1.64 bits per heavy atom. The third kappa shape index (κ3) is 5.20. The van der Waals surface area contributed by atoms with Crippen molar-refractivity contribution < 1.29 is 13.2 Å². The van der Waals surface area contributed by atoms with Gasteiger partial charge in [0.05, 0.1) is 4.90 Å². The minimum atomic E-state index is -3.51. The van der Waals surface area contributed by atoms with Gasteiger partial charge in [-0.2, -0.15) is 4.31 Å². The van der Waals surface area contributed by atoms with E-state index in [0.717, 1.165) is 31.2 Å². The van der Waals surface area contributed by atoms with Gasteiger partial charge in [-0.25, -0.2) is 8.42 Å². The van der Waals surface area contributed by atoms with E-state index >= 15 is 0 Å². The highest BCUT2D eigenvalue weighted by molar-refractivity contribution is 7.89. The van der Waals surface area contributed by atoms with E-state index in [2.05, 4.69) is 5.32 Å². The smallest absolute Gasteiger partial charge is 0.243 e. The van der Waals surface area contributed by atoms with E-state index in [1.54, 1.807) is 31.3 Å². The Bertz CT molecular complexity index is 874. The van der Waals surface area contributed by atoms with Crippen LogP contribution in [0.3, 0.4) is 0 Å². The maximum absolute atomic E-state index is 12.9. The summed E-state index contributed by atoms with van der Waals surface area (Å²) in [6, 6.07) is 16.4. The number of hydrogen-bond donors (Lipinski definition) is 1. The molecule has 3 rings (SSSR count). The summed E-state index contributed by atoms with van der Waals surface area (Å²) in [5.41, 5.74) is 1.72. The summed E-state index contributed by atoms with van der Waals surface area (Å²) in [4.78, 5) is 12.4. The van der Waals surface area contributed by atoms with Gasteiger partial charge in [0.15, 0.2) is 0 Å². The van der Waals surface area contributed by atoms with Gasteiger partial charge in [0, 0.05) is 25.2 Å². The lowest BCUT2D eigenvalue weighted by molar-refractivity contribution is -0.116. The quantitative estimate of drug-likeness (QED) is 0.757. The van der Waals surface area contributed by atoms with Crippen LogP contribution in [0, 0.1) is 0 Å². The third-order valence-corrected chi connectivity index (χ3v) is 7.31. The Balaban J connectivity index is 1.58. The van der Waals surface area contributed by atoms with Crippen LogP contribution in [0.25, 0.3) is 0 Å². The van der Waals surface area contributed by atoms with E-state index < -0.39 is 10.0 Å². The second kappa shape index (κ2) is 9.34. The van der Waals surface area contributed by atoms with Crippen LogP contribution in [0.4, 0.5) is 5.69 Å². The second-order valence-electron chi connectivity index (χ2n) is 7.37. The molecular formula is C22H28N2O3S. The highest BCUT2D eigenvalue weighted by Crippen LogP contribution is 2.27. The zero-order valence-electron chi connectivity index (χ0n) is 16.3. The van der Waals surface area contributed by atoms with Crippen LogP contribution in [0.1, 0.15) is 44.1 Å². The summed E-state index contributed by atoms with van der Waals surface area (Å²) < 4.78 is 27.2. The van der Waals surface area contributed by atoms with Crippen molar-refractivity contribution in [1.29, 1.82) is 0 Å². The molecule has 1 N–H and O–H groups in total. The molecule has 0 saturated heterocycles. The average molecular weight is 401 g/mol. The molecule has 0 aliphatic heterocycles. The Morgan fingerprint density at radius 3 is 2.29 bits per heavy atom. The first-order valence-corrected chi connectivity index (χ1v) is 11.3. The first-order chi connectivity index (χ1) is 13.5. The fourth-order valence-corrected chi connectivity index (χ4v) is 5.06. The molecule has 0 bridgehead atoms. The molecule has 1 aliphatic rings. The van der Waals surface area contributed by atoms with Crippen LogP contribution in [-0.4, -0.2) is 31.7 Å². The number of carbonyl (C=O) groups is 1. The van der Waals surface area contributed by atoms with Gasteiger partial charge in [-0.3, -0.25) is 4.79 Å². The fraction of sp³-hybridized carbons (Fsp3) is 0.409. The molecule has 0 aromatic heterocycles. The van der Waals surface area contributed by atoms with Gasteiger partial charge >= 0.3 is 0 Å². The topological polar surface area (TPSA) is 66.5 Å². The van der Waals surface area contributed by atoms with Gasteiger partial charge in [0.25, 0.3) is 0 Å². The molecule has 2 aromatic rings. The van der Waals surface area contributed by atoms with E-state index in [1.165, 1.54) is 10.7 Å². The molecule has 150 valence electrons. The maximum atomic E-state index is 12.9. The highest BCUT2D eigenvalue weighted by Gasteiger charge is 2.28. The number of nitrogens with zero attached hydrogens (tertiary/aromatic N) is 1. The van der Waals surface area contributed by atoms with Crippen LogP contribution in [0.5, 0.6) is 0 Å². The lowest BCUT2D eigenvalue weighted by atomic mass is 9.96. The van der Waals surface area contributed by atoms with Crippen molar-refractivity contribution in [2.24, 2.45) is 0 Å². The van der Waals surface area contributed by atoms with Crippen LogP contribution in [-0.2, 0) is 21.2 Å². The van der Waals surface area contributed by atoms with Crippen molar-refractivity contribution >= 4 is 21.6 Å². The maximum Gasteiger partial charge on any atom is 0.243 e. The Hall–Kier alpha value is -2.18. The Labute approximate surface area is 167 Å². The van der Waals surface area contributed by atoms with Crippen molar-refractivity contribution in [3.05, 3.63) is 60.2 Å². The molecule has 1 aliphatic carbocycles. The predicted octanol–water partition coefficient (Wildman–Crippen LogP) is 4.21. The summed E-state index contributed by atoms with van der Waals surface area (Å²) >= 11 is 0. The van der Waals surface area contributed by atoms with E-state index in [9.17, 15) is 13.2 Å². The SMILES string of the molecule is CN(C1CCCCC1)S(=O)(=O)c1ccc(NC(=O)CCc2ccccc2)cc1. The molecule has 5 nitrogen and oxygen atoms in total. The number of anilines is 1. The van der Waals surface area contributed by atoms with Crippen LogP contribution in [0.15, 0.2) is 59.5 Å². The zero-order chi connectivity index (χ0) is 20.0. The number of hydrogen-bond acceptors (Lipinski definition) is 3. The Kier molecular flexibility index (Phi) is 6.86. The van der Waals surface area contributed by atoms with E-state index in [0.29, 0.717) is 18.5 Å². The summed E-state index contributed by atoms with van der Waals surface area (Å²) in [6.45, 7) is 0. The lowest BCUT2D eigenvalue weighted by Crippen LogP contribution is -2.38.